The lowest BCUT2D eigenvalue weighted by molar-refractivity contribution is -0.285. The van der Waals surface area contributed by atoms with Gasteiger partial charge in [-0.15, -0.1) is 11.3 Å². The monoisotopic (exact) mass is 462 g/mol. The molecule has 0 atom stereocenters. The standard InChI is InChI=1S/C16H13Cl2F5N2O2S/c1-2-12(26)25-14-24-11(7-28-14)8-5-9(17)13(10(18)6-8)27-4-3-15(19,20)16(21,22)23/h5-7H,2-4H2,1H3,(H,24,25,26). The number of amides is 1. The number of nitrogens with zero attached hydrogens (tertiary/aromatic N) is 1. The van der Waals surface area contributed by atoms with E-state index in [-0.39, 0.29) is 28.1 Å². The van der Waals surface area contributed by atoms with Crippen LogP contribution in [0.1, 0.15) is 19.8 Å². The fourth-order valence-electron chi connectivity index (χ4n) is 1.94. The van der Waals surface area contributed by atoms with Crippen LogP contribution < -0.4 is 10.1 Å². The molecule has 0 aliphatic carbocycles. The van der Waals surface area contributed by atoms with Gasteiger partial charge in [-0.25, -0.2) is 4.98 Å². The predicted octanol–water partition coefficient (Wildman–Crippen LogP) is 6.43. The second-order valence-corrected chi connectivity index (χ2v) is 7.18. The zero-order chi connectivity index (χ0) is 21.1. The minimum absolute atomic E-state index is 0.0787. The molecular weight excluding hydrogens is 450 g/mol. The first-order valence-electron chi connectivity index (χ1n) is 7.76. The maximum Gasteiger partial charge on any atom is 0.453 e. The third-order valence-corrected chi connectivity index (χ3v) is 4.76. The first-order chi connectivity index (χ1) is 12.9. The lowest BCUT2D eigenvalue weighted by Gasteiger charge is -2.20. The second kappa shape index (κ2) is 8.79. The molecule has 12 heteroatoms. The van der Waals surface area contributed by atoms with E-state index < -0.39 is 25.1 Å². The lowest BCUT2D eigenvalue weighted by atomic mass is 10.1. The summed E-state index contributed by atoms with van der Waals surface area (Å²) in [6, 6.07) is 2.76. The Kier molecular flexibility index (Phi) is 7.11. The number of anilines is 1. The lowest BCUT2D eigenvalue weighted by Crippen LogP contribution is -2.37. The van der Waals surface area contributed by atoms with E-state index in [1.165, 1.54) is 23.5 Å². The van der Waals surface area contributed by atoms with Crippen LogP contribution in [-0.2, 0) is 4.79 Å². The molecule has 1 amide bonds. The van der Waals surface area contributed by atoms with E-state index in [2.05, 4.69) is 10.3 Å². The molecule has 2 rings (SSSR count). The Morgan fingerprint density at radius 2 is 1.82 bits per heavy atom. The van der Waals surface area contributed by atoms with Gasteiger partial charge in [0.15, 0.2) is 10.9 Å². The summed E-state index contributed by atoms with van der Waals surface area (Å²) in [6.45, 7) is 0.752. The quantitative estimate of drug-likeness (QED) is 0.482. The Morgan fingerprint density at radius 3 is 2.36 bits per heavy atom. The predicted molar refractivity (Wildman–Crippen MR) is 97.6 cm³/mol. The number of halogens is 7. The maximum atomic E-state index is 12.9. The van der Waals surface area contributed by atoms with Crippen molar-refractivity contribution >= 4 is 45.6 Å². The number of carbonyl (C=O) groups excluding carboxylic acids is 1. The number of ether oxygens (including phenoxy) is 1. The SMILES string of the molecule is CCC(=O)Nc1nc(-c2cc(Cl)c(OCCC(F)(F)C(F)(F)F)c(Cl)c2)cs1. The highest BCUT2D eigenvalue weighted by Gasteiger charge is 2.56. The van der Waals surface area contributed by atoms with Crippen molar-refractivity contribution in [2.45, 2.75) is 31.9 Å². The molecule has 4 nitrogen and oxygen atoms in total. The Labute approximate surface area is 170 Å². The molecular formula is C16H13Cl2F5N2O2S. The zero-order valence-electron chi connectivity index (χ0n) is 14.2. The van der Waals surface area contributed by atoms with Crippen LogP contribution in [0.4, 0.5) is 27.1 Å². The number of alkyl halides is 5. The molecule has 0 bridgehead atoms. The highest BCUT2D eigenvalue weighted by molar-refractivity contribution is 7.14. The first kappa shape index (κ1) is 22.6. The van der Waals surface area contributed by atoms with E-state index in [0.29, 0.717) is 16.4 Å². The van der Waals surface area contributed by atoms with Crippen molar-refractivity contribution in [2.75, 3.05) is 11.9 Å². The van der Waals surface area contributed by atoms with E-state index in [9.17, 15) is 26.7 Å². The van der Waals surface area contributed by atoms with Crippen LogP contribution >= 0.6 is 34.5 Å². The van der Waals surface area contributed by atoms with Crippen LogP contribution in [0, 0.1) is 0 Å². The molecule has 0 saturated heterocycles. The van der Waals surface area contributed by atoms with Crippen LogP contribution in [0.15, 0.2) is 17.5 Å². The third-order valence-electron chi connectivity index (χ3n) is 3.44. The van der Waals surface area contributed by atoms with Crippen LogP contribution in [-0.4, -0.2) is 29.6 Å². The summed E-state index contributed by atoms with van der Waals surface area (Å²) in [4.78, 5) is 15.6. The molecule has 2 aromatic rings. The average molecular weight is 463 g/mol. The van der Waals surface area contributed by atoms with E-state index in [4.69, 9.17) is 27.9 Å². The van der Waals surface area contributed by atoms with Gasteiger partial charge in [0.2, 0.25) is 5.91 Å². The summed E-state index contributed by atoms with van der Waals surface area (Å²) in [5.41, 5.74) is 0.895. The Morgan fingerprint density at radius 1 is 1.21 bits per heavy atom. The highest BCUT2D eigenvalue weighted by atomic mass is 35.5. The van der Waals surface area contributed by atoms with E-state index >= 15 is 0 Å². The number of hydrogen-bond acceptors (Lipinski definition) is 4. The number of carbonyl (C=O) groups is 1. The van der Waals surface area contributed by atoms with Crippen LogP contribution in [0.25, 0.3) is 11.3 Å². The van der Waals surface area contributed by atoms with Crippen molar-refractivity contribution < 1.29 is 31.5 Å². The number of hydrogen-bond donors (Lipinski definition) is 1. The number of aromatic nitrogens is 1. The molecule has 1 N–H and O–H groups in total. The third kappa shape index (κ3) is 5.45. The molecule has 1 heterocycles. The fourth-order valence-corrected chi connectivity index (χ4v) is 3.27. The fraction of sp³-hybridized carbons (Fsp3) is 0.375. The molecule has 154 valence electrons. The molecule has 0 aliphatic rings. The maximum absolute atomic E-state index is 12.9. The summed E-state index contributed by atoms with van der Waals surface area (Å²) in [6.07, 6.45) is -6.95. The number of nitrogens with one attached hydrogen (secondary N) is 1. The minimum atomic E-state index is -5.66. The van der Waals surface area contributed by atoms with E-state index in [0.717, 1.165) is 0 Å². The van der Waals surface area contributed by atoms with Crippen LogP contribution in [0.2, 0.25) is 10.0 Å². The van der Waals surface area contributed by atoms with Crippen molar-refractivity contribution in [3.8, 4) is 17.0 Å². The van der Waals surface area contributed by atoms with Crippen molar-refractivity contribution in [3.63, 3.8) is 0 Å². The van der Waals surface area contributed by atoms with Gasteiger partial charge >= 0.3 is 12.1 Å². The van der Waals surface area contributed by atoms with E-state index in [1.54, 1.807) is 12.3 Å². The second-order valence-electron chi connectivity index (χ2n) is 5.51. The first-order valence-corrected chi connectivity index (χ1v) is 9.40. The van der Waals surface area contributed by atoms with Gasteiger partial charge in [-0.2, -0.15) is 22.0 Å². The van der Waals surface area contributed by atoms with Gasteiger partial charge in [0.05, 0.1) is 28.8 Å². The minimum Gasteiger partial charge on any atom is -0.490 e. The van der Waals surface area contributed by atoms with E-state index in [1.807, 2.05) is 0 Å². The molecule has 28 heavy (non-hydrogen) atoms. The molecule has 0 unspecified atom stereocenters. The molecule has 0 fully saturated rings. The summed E-state index contributed by atoms with van der Waals surface area (Å²) < 4.78 is 67.3. The van der Waals surface area contributed by atoms with Gasteiger partial charge in [0.25, 0.3) is 0 Å². The summed E-state index contributed by atoms with van der Waals surface area (Å²) in [5, 5.41) is 4.44. The van der Waals surface area contributed by atoms with Gasteiger partial charge in [-0.05, 0) is 12.1 Å². The van der Waals surface area contributed by atoms with Crippen molar-refractivity contribution in [3.05, 3.63) is 27.6 Å². The molecule has 0 radical (unpaired) electrons. The zero-order valence-corrected chi connectivity index (χ0v) is 16.5. The summed E-state index contributed by atoms with van der Waals surface area (Å²) in [5.74, 6) is -5.30. The average Bonchev–Trinajstić information content (AvgIpc) is 3.04. The van der Waals surface area contributed by atoms with Crippen molar-refractivity contribution in [2.24, 2.45) is 0 Å². The topological polar surface area (TPSA) is 51.2 Å². The Balaban J connectivity index is 2.12. The Bertz CT molecular complexity index is 835. The number of benzene rings is 1. The largest absolute Gasteiger partial charge is 0.490 e. The summed E-state index contributed by atoms with van der Waals surface area (Å²) in [7, 11) is 0. The Hall–Kier alpha value is -1.65. The number of rotatable bonds is 7. The summed E-state index contributed by atoms with van der Waals surface area (Å²) >= 11 is 13.2. The van der Waals surface area contributed by atoms with Gasteiger partial charge in [-0.3, -0.25) is 4.79 Å². The molecule has 0 aliphatic heterocycles. The molecule has 1 aromatic carbocycles. The molecule has 1 aromatic heterocycles. The normalized spacial score (nSPS) is 12.1. The number of thiazole rings is 1. The smallest absolute Gasteiger partial charge is 0.453 e. The van der Waals surface area contributed by atoms with Gasteiger partial charge < -0.3 is 10.1 Å². The van der Waals surface area contributed by atoms with Crippen LogP contribution in [0.5, 0.6) is 5.75 Å². The van der Waals surface area contributed by atoms with Gasteiger partial charge in [0, 0.05) is 17.4 Å². The highest BCUT2D eigenvalue weighted by Crippen LogP contribution is 2.40. The van der Waals surface area contributed by atoms with Crippen LogP contribution in [0.3, 0.4) is 0 Å². The van der Waals surface area contributed by atoms with Crippen molar-refractivity contribution in [1.82, 2.24) is 4.98 Å². The van der Waals surface area contributed by atoms with Gasteiger partial charge in [-0.1, -0.05) is 30.1 Å². The molecule has 0 saturated carbocycles. The van der Waals surface area contributed by atoms with Gasteiger partial charge in [0.1, 0.15) is 0 Å². The van der Waals surface area contributed by atoms with Crippen molar-refractivity contribution in [1.29, 1.82) is 0 Å². The molecule has 0 spiro atoms.